The van der Waals surface area contributed by atoms with E-state index in [0.717, 1.165) is 5.69 Å². The van der Waals surface area contributed by atoms with Crippen molar-refractivity contribution in [1.29, 1.82) is 0 Å². The van der Waals surface area contributed by atoms with Gasteiger partial charge in [-0.05, 0) is 26.0 Å². The zero-order valence-electron chi connectivity index (χ0n) is 9.23. The highest BCUT2D eigenvalue weighted by Gasteiger charge is 2.07. The van der Waals surface area contributed by atoms with Crippen molar-refractivity contribution in [2.45, 2.75) is 13.8 Å². The van der Waals surface area contributed by atoms with E-state index in [4.69, 9.17) is 4.74 Å². The highest BCUT2D eigenvalue weighted by atomic mass is 16.5. The van der Waals surface area contributed by atoms with Crippen LogP contribution in [-0.4, -0.2) is 22.1 Å². The summed E-state index contributed by atoms with van der Waals surface area (Å²) in [6, 6.07) is 3.63. The molecule has 2 heterocycles. The second-order valence-electron chi connectivity index (χ2n) is 3.38. The first-order chi connectivity index (χ1) is 7.70. The van der Waals surface area contributed by atoms with Crippen molar-refractivity contribution in [2.24, 2.45) is 0 Å². The number of rotatable bonds is 2. The molecule has 0 saturated heterocycles. The van der Waals surface area contributed by atoms with Crippen LogP contribution in [0, 0.1) is 6.92 Å². The number of carbonyl (C=O) groups excluding carboxylic acids is 1. The van der Waals surface area contributed by atoms with E-state index >= 15 is 0 Å². The smallest absolute Gasteiger partial charge is 0.411 e. The number of hydrogen-bond acceptors (Lipinski definition) is 3. The van der Waals surface area contributed by atoms with Gasteiger partial charge in [0.1, 0.15) is 0 Å². The highest BCUT2D eigenvalue weighted by Crippen LogP contribution is 2.16. The number of nitrogens with zero attached hydrogens (tertiary/aromatic N) is 2. The minimum atomic E-state index is -0.462. The van der Waals surface area contributed by atoms with Gasteiger partial charge in [0, 0.05) is 12.4 Å². The SMILES string of the molecule is CCOC(=O)Nc1cccn2cc(C)nc12. The average molecular weight is 219 g/mol. The summed E-state index contributed by atoms with van der Waals surface area (Å²) in [5, 5.41) is 2.65. The molecule has 0 spiro atoms. The van der Waals surface area contributed by atoms with Crippen molar-refractivity contribution in [1.82, 2.24) is 9.38 Å². The molecule has 1 amide bonds. The molecule has 0 unspecified atom stereocenters. The minimum absolute atomic E-state index is 0.350. The number of hydrogen-bond donors (Lipinski definition) is 1. The van der Waals surface area contributed by atoms with Crippen LogP contribution >= 0.6 is 0 Å². The van der Waals surface area contributed by atoms with Crippen molar-refractivity contribution < 1.29 is 9.53 Å². The van der Waals surface area contributed by atoms with Crippen LogP contribution in [0.25, 0.3) is 5.65 Å². The first-order valence-corrected chi connectivity index (χ1v) is 5.09. The first kappa shape index (κ1) is 10.5. The van der Waals surface area contributed by atoms with Crippen LogP contribution < -0.4 is 5.32 Å². The van der Waals surface area contributed by atoms with Gasteiger partial charge in [0.15, 0.2) is 5.65 Å². The van der Waals surface area contributed by atoms with Gasteiger partial charge >= 0.3 is 6.09 Å². The monoisotopic (exact) mass is 219 g/mol. The standard InChI is InChI=1S/C11H13N3O2/c1-3-16-11(15)13-9-5-4-6-14-7-8(2)12-10(9)14/h4-7H,3H2,1-2H3,(H,13,15). The number of nitrogens with one attached hydrogen (secondary N) is 1. The van der Waals surface area contributed by atoms with Crippen molar-refractivity contribution in [3.05, 3.63) is 30.2 Å². The molecule has 2 rings (SSSR count). The zero-order valence-corrected chi connectivity index (χ0v) is 9.23. The van der Waals surface area contributed by atoms with Gasteiger partial charge in [-0.15, -0.1) is 0 Å². The lowest BCUT2D eigenvalue weighted by Crippen LogP contribution is -2.13. The van der Waals surface area contributed by atoms with Crippen LogP contribution in [0.2, 0.25) is 0 Å². The van der Waals surface area contributed by atoms with Crippen LogP contribution in [0.1, 0.15) is 12.6 Å². The number of fused-ring (bicyclic) bond motifs is 1. The van der Waals surface area contributed by atoms with Gasteiger partial charge < -0.3 is 9.14 Å². The molecule has 0 aliphatic carbocycles. The molecule has 0 saturated carbocycles. The maximum atomic E-state index is 11.3. The lowest BCUT2D eigenvalue weighted by Gasteiger charge is -2.05. The maximum absolute atomic E-state index is 11.3. The number of ether oxygens (including phenoxy) is 1. The molecule has 0 atom stereocenters. The molecule has 0 radical (unpaired) electrons. The van der Waals surface area contributed by atoms with Gasteiger partial charge in [0.05, 0.1) is 18.0 Å². The molecule has 0 bridgehead atoms. The van der Waals surface area contributed by atoms with E-state index in [-0.39, 0.29) is 0 Å². The van der Waals surface area contributed by atoms with E-state index in [1.807, 2.05) is 29.8 Å². The zero-order chi connectivity index (χ0) is 11.5. The molecule has 2 aromatic heterocycles. The van der Waals surface area contributed by atoms with E-state index in [2.05, 4.69) is 10.3 Å². The summed E-state index contributed by atoms with van der Waals surface area (Å²) in [7, 11) is 0. The third-order valence-corrected chi connectivity index (χ3v) is 2.12. The Kier molecular flexibility index (Phi) is 2.76. The molecule has 5 nitrogen and oxygen atoms in total. The third-order valence-electron chi connectivity index (χ3n) is 2.12. The molecular weight excluding hydrogens is 206 g/mol. The van der Waals surface area contributed by atoms with Gasteiger partial charge in [0.2, 0.25) is 0 Å². The third kappa shape index (κ3) is 1.98. The Balaban J connectivity index is 2.33. The number of amides is 1. The normalized spacial score (nSPS) is 10.4. The summed E-state index contributed by atoms with van der Waals surface area (Å²) in [5.74, 6) is 0. The fourth-order valence-electron chi connectivity index (χ4n) is 1.51. The minimum Gasteiger partial charge on any atom is -0.450 e. The molecular formula is C11H13N3O2. The number of aromatic nitrogens is 2. The first-order valence-electron chi connectivity index (χ1n) is 5.09. The van der Waals surface area contributed by atoms with Crippen LogP contribution in [0.4, 0.5) is 10.5 Å². The van der Waals surface area contributed by atoms with E-state index in [1.54, 1.807) is 13.0 Å². The van der Waals surface area contributed by atoms with Crippen molar-refractivity contribution >= 4 is 17.4 Å². The molecule has 1 N–H and O–H groups in total. The Morgan fingerprint density at radius 1 is 1.62 bits per heavy atom. The molecule has 84 valence electrons. The Morgan fingerprint density at radius 3 is 3.19 bits per heavy atom. The lowest BCUT2D eigenvalue weighted by molar-refractivity contribution is 0.168. The maximum Gasteiger partial charge on any atom is 0.411 e. The number of aryl methyl sites for hydroxylation is 1. The summed E-state index contributed by atoms with van der Waals surface area (Å²) < 4.78 is 6.67. The Labute approximate surface area is 93.1 Å². The van der Waals surface area contributed by atoms with Gasteiger partial charge in [-0.3, -0.25) is 5.32 Å². The molecule has 0 aliphatic heterocycles. The summed E-state index contributed by atoms with van der Waals surface area (Å²) >= 11 is 0. The highest BCUT2D eigenvalue weighted by molar-refractivity contribution is 5.89. The molecule has 5 heteroatoms. The summed E-state index contributed by atoms with van der Waals surface area (Å²) in [6.07, 6.45) is 3.31. The van der Waals surface area contributed by atoms with E-state index < -0.39 is 6.09 Å². The Morgan fingerprint density at radius 2 is 2.44 bits per heavy atom. The molecule has 0 fully saturated rings. The van der Waals surface area contributed by atoms with Crippen LogP contribution in [-0.2, 0) is 4.74 Å². The largest absolute Gasteiger partial charge is 0.450 e. The number of anilines is 1. The predicted molar refractivity (Wildman–Crippen MR) is 60.6 cm³/mol. The van der Waals surface area contributed by atoms with Gasteiger partial charge in [-0.25, -0.2) is 9.78 Å². The fourth-order valence-corrected chi connectivity index (χ4v) is 1.51. The van der Waals surface area contributed by atoms with Crippen molar-refractivity contribution in [3.63, 3.8) is 0 Å². The fraction of sp³-hybridized carbons (Fsp3) is 0.273. The quantitative estimate of drug-likeness (QED) is 0.842. The number of imidazole rings is 1. The van der Waals surface area contributed by atoms with Gasteiger partial charge in [0.25, 0.3) is 0 Å². The topological polar surface area (TPSA) is 55.6 Å². The Hall–Kier alpha value is -2.04. The van der Waals surface area contributed by atoms with Gasteiger partial charge in [-0.2, -0.15) is 0 Å². The summed E-state index contributed by atoms with van der Waals surface area (Å²) in [6.45, 7) is 4.02. The molecule has 0 aromatic carbocycles. The van der Waals surface area contributed by atoms with Crippen LogP contribution in [0.3, 0.4) is 0 Å². The predicted octanol–water partition coefficient (Wildman–Crippen LogP) is 2.21. The van der Waals surface area contributed by atoms with Crippen LogP contribution in [0.15, 0.2) is 24.5 Å². The van der Waals surface area contributed by atoms with Crippen LogP contribution in [0.5, 0.6) is 0 Å². The van der Waals surface area contributed by atoms with Gasteiger partial charge in [-0.1, -0.05) is 0 Å². The average Bonchev–Trinajstić information content (AvgIpc) is 2.60. The summed E-state index contributed by atoms with van der Waals surface area (Å²) in [5.41, 5.74) is 2.26. The summed E-state index contributed by atoms with van der Waals surface area (Å²) in [4.78, 5) is 15.6. The molecule has 2 aromatic rings. The van der Waals surface area contributed by atoms with Crippen molar-refractivity contribution in [3.8, 4) is 0 Å². The van der Waals surface area contributed by atoms with E-state index in [9.17, 15) is 4.79 Å². The van der Waals surface area contributed by atoms with E-state index in [0.29, 0.717) is 17.9 Å². The Bertz CT molecular complexity index is 519. The molecule has 16 heavy (non-hydrogen) atoms. The second kappa shape index (κ2) is 4.22. The van der Waals surface area contributed by atoms with E-state index in [1.165, 1.54) is 0 Å². The number of carbonyl (C=O) groups is 1. The molecule has 0 aliphatic rings. The number of pyridine rings is 1. The lowest BCUT2D eigenvalue weighted by atomic mass is 10.4. The van der Waals surface area contributed by atoms with Crippen molar-refractivity contribution in [2.75, 3.05) is 11.9 Å². The second-order valence-corrected chi connectivity index (χ2v) is 3.38.